The van der Waals surface area contributed by atoms with Crippen LogP contribution in [0.25, 0.3) is 0 Å². The lowest BCUT2D eigenvalue weighted by molar-refractivity contribution is -0.121. The monoisotopic (exact) mass is 263 g/mol. The van der Waals surface area contributed by atoms with E-state index in [0.29, 0.717) is 6.42 Å². The molecule has 1 aliphatic heterocycles. The summed E-state index contributed by atoms with van der Waals surface area (Å²) >= 11 is 0. The highest BCUT2D eigenvalue weighted by Gasteiger charge is 2.13. The summed E-state index contributed by atoms with van der Waals surface area (Å²) in [5, 5.41) is 3.01. The molecule has 1 atom stereocenters. The normalized spacial score (nSPS) is 14.2. The van der Waals surface area contributed by atoms with Crippen LogP contribution in [0.4, 0.5) is 0 Å². The van der Waals surface area contributed by atoms with Gasteiger partial charge in [-0.2, -0.15) is 0 Å². The number of amides is 1. The number of ether oxygens (including phenoxy) is 2. The minimum Gasteiger partial charge on any atom is -0.454 e. The van der Waals surface area contributed by atoms with Crippen LogP contribution in [0.1, 0.15) is 38.7 Å². The largest absolute Gasteiger partial charge is 0.454 e. The smallest absolute Gasteiger partial charge is 0.231 e. The van der Waals surface area contributed by atoms with Gasteiger partial charge in [0.1, 0.15) is 0 Å². The molecule has 19 heavy (non-hydrogen) atoms. The first kappa shape index (κ1) is 13.7. The van der Waals surface area contributed by atoms with E-state index in [0.717, 1.165) is 36.3 Å². The van der Waals surface area contributed by atoms with Crippen molar-refractivity contribution in [3.05, 3.63) is 23.8 Å². The van der Waals surface area contributed by atoms with Gasteiger partial charge in [0.2, 0.25) is 12.7 Å². The van der Waals surface area contributed by atoms with Crippen molar-refractivity contribution in [3.8, 4) is 11.5 Å². The van der Waals surface area contributed by atoms with Gasteiger partial charge in [0, 0.05) is 12.5 Å². The van der Waals surface area contributed by atoms with Crippen LogP contribution >= 0.6 is 0 Å². The van der Waals surface area contributed by atoms with Gasteiger partial charge in [-0.3, -0.25) is 4.79 Å². The molecule has 1 heterocycles. The van der Waals surface area contributed by atoms with Crippen LogP contribution in [-0.4, -0.2) is 18.7 Å². The molecule has 2 rings (SSSR count). The van der Waals surface area contributed by atoms with Gasteiger partial charge in [-0.1, -0.05) is 19.4 Å². The molecule has 0 spiro atoms. The van der Waals surface area contributed by atoms with Gasteiger partial charge >= 0.3 is 0 Å². The first-order chi connectivity index (χ1) is 9.19. The van der Waals surface area contributed by atoms with E-state index in [-0.39, 0.29) is 18.7 Å². The molecular formula is C15H21NO3. The Bertz CT molecular complexity index is 445. The summed E-state index contributed by atoms with van der Waals surface area (Å²) < 4.78 is 10.6. The third-order valence-electron chi connectivity index (χ3n) is 3.21. The molecule has 0 radical (unpaired) electrons. The Morgan fingerprint density at radius 2 is 2.16 bits per heavy atom. The summed E-state index contributed by atoms with van der Waals surface area (Å²) in [7, 11) is 0. The number of carbonyl (C=O) groups excluding carboxylic acids is 1. The quantitative estimate of drug-likeness (QED) is 0.858. The molecular weight excluding hydrogens is 242 g/mol. The highest BCUT2D eigenvalue weighted by molar-refractivity contribution is 5.76. The molecule has 0 aliphatic carbocycles. The lowest BCUT2D eigenvalue weighted by atomic mass is 10.1. The van der Waals surface area contributed by atoms with Crippen LogP contribution < -0.4 is 14.8 Å². The van der Waals surface area contributed by atoms with Crippen molar-refractivity contribution in [3.63, 3.8) is 0 Å². The summed E-state index contributed by atoms with van der Waals surface area (Å²) in [6.45, 7) is 4.45. The number of fused-ring (bicyclic) bond motifs is 1. The van der Waals surface area contributed by atoms with Gasteiger partial charge < -0.3 is 14.8 Å². The molecule has 0 fully saturated rings. The van der Waals surface area contributed by atoms with E-state index < -0.39 is 0 Å². The Morgan fingerprint density at radius 3 is 2.95 bits per heavy atom. The summed E-state index contributed by atoms with van der Waals surface area (Å²) in [4.78, 5) is 11.8. The molecule has 1 unspecified atom stereocenters. The molecule has 4 nitrogen and oxygen atoms in total. The minimum absolute atomic E-state index is 0.110. The Balaban J connectivity index is 1.80. The predicted octanol–water partition coefficient (Wildman–Crippen LogP) is 2.65. The predicted molar refractivity (Wildman–Crippen MR) is 73.4 cm³/mol. The molecule has 1 N–H and O–H groups in total. The van der Waals surface area contributed by atoms with E-state index in [9.17, 15) is 4.79 Å². The summed E-state index contributed by atoms with van der Waals surface area (Å²) in [5.74, 6) is 1.67. The number of benzene rings is 1. The highest BCUT2D eigenvalue weighted by atomic mass is 16.7. The lowest BCUT2D eigenvalue weighted by Gasteiger charge is -2.12. The fraction of sp³-hybridized carbons (Fsp3) is 0.533. The standard InChI is InChI=1S/C15H21NO3/c1-3-4-11(2)16-15(17)8-6-12-5-7-13-14(9-12)19-10-18-13/h5,7,9,11H,3-4,6,8,10H2,1-2H3,(H,16,17). The number of rotatable bonds is 6. The van der Waals surface area contributed by atoms with E-state index in [2.05, 4.69) is 12.2 Å². The van der Waals surface area contributed by atoms with Crippen molar-refractivity contribution in [2.75, 3.05) is 6.79 Å². The summed E-state index contributed by atoms with van der Waals surface area (Å²) in [6, 6.07) is 6.09. The van der Waals surface area contributed by atoms with Crippen molar-refractivity contribution in [1.82, 2.24) is 5.32 Å². The van der Waals surface area contributed by atoms with Crippen molar-refractivity contribution < 1.29 is 14.3 Å². The molecule has 1 aromatic rings. The molecule has 0 saturated carbocycles. The Hall–Kier alpha value is -1.71. The van der Waals surface area contributed by atoms with Crippen molar-refractivity contribution in [1.29, 1.82) is 0 Å². The second kappa shape index (κ2) is 6.45. The van der Waals surface area contributed by atoms with Gasteiger partial charge in [-0.15, -0.1) is 0 Å². The molecule has 0 saturated heterocycles. The molecule has 1 amide bonds. The van der Waals surface area contributed by atoms with Crippen molar-refractivity contribution in [2.45, 2.75) is 45.6 Å². The zero-order chi connectivity index (χ0) is 13.7. The maximum absolute atomic E-state index is 11.8. The van der Waals surface area contributed by atoms with E-state index >= 15 is 0 Å². The number of carbonyl (C=O) groups is 1. The number of aryl methyl sites for hydroxylation is 1. The van der Waals surface area contributed by atoms with E-state index in [1.165, 1.54) is 0 Å². The summed E-state index contributed by atoms with van der Waals surface area (Å²) in [6.07, 6.45) is 3.34. The van der Waals surface area contributed by atoms with Crippen LogP contribution in [0.3, 0.4) is 0 Å². The molecule has 1 aromatic carbocycles. The fourth-order valence-electron chi connectivity index (χ4n) is 2.21. The Morgan fingerprint density at radius 1 is 1.37 bits per heavy atom. The van der Waals surface area contributed by atoms with Gasteiger partial charge in [-0.25, -0.2) is 0 Å². The van der Waals surface area contributed by atoms with Crippen molar-refractivity contribution >= 4 is 5.91 Å². The SMILES string of the molecule is CCCC(C)NC(=O)CCc1ccc2c(c1)OCO2. The minimum atomic E-state index is 0.110. The van der Waals surface area contributed by atoms with Crippen molar-refractivity contribution in [2.24, 2.45) is 0 Å². The molecule has 0 aromatic heterocycles. The average molecular weight is 263 g/mol. The third-order valence-corrected chi connectivity index (χ3v) is 3.21. The van der Waals surface area contributed by atoms with E-state index in [4.69, 9.17) is 9.47 Å². The van der Waals surface area contributed by atoms with Gasteiger partial charge in [0.05, 0.1) is 0 Å². The number of nitrogens with one attached hydrogen (secondary N) is 1. The topological polar surface area (TPSA) is 47.6 Å². The zero-order valence-corrected chi connectivity index (χ0v) is 11.6. The van der Waals surface area contributed by atoms with Crippen LogP contribution in [0.15, 0.2) is 18.2 Å². The van der Waals surface area contributed by atoms with Crippen LogP contribution in [-0.2, 0) is 11.2 Å². The zero-order valence-electron chi connectivity index (χ0n) is 11.6. The molecule has 0 bridgehead atoms. The molecule has 1 aliphatic rings. The average Bonchev–Trinajstić information content (AvgIpc) is 2.83. The van der Waals surface area contributed by atoms with Gasteiger partial charge in [-0.05, 0) is 37.5 Å². The first-order valence-corrected chi connectivity index (χ1v) is 6.87. The maximum Gasteiger partial charge on any atom is 0.231 e. The van der Waals surface area contributed by atoms with E-state index in [1.54, 1.807) is 0 Å². The molecule has 4 heteroatoms. The van der Waals surface area contributed by atoms with Gasteiger partial charge in [0.15, 0.2) is 11.5 Å². The third kappa shape index (κ3) is 3.88. The van der Waals surface area contributed by atoms with Crippen LogP contribution in [0.5, 0.6) is 11.5 Å². The van der Waals surface area contributed by atoms with Gasteiger partial charge in [0.25, 0.3) is 0 Å². The van der Waals surface area contributed by atoms with Crippen LogP contribution in [0.2, 0.25) is 0 Å². The number of hydrogen-bond acceptors (Lipinski definition) is 3. The highest BCUT2D eigenvalue weighted by Crippen LogP contribution is 2.32. The first-order valence-electron chi connectivity index (χ1n) is 6.87. The van der Waals surface area contributed by atoms with E-state index in [1.807, 2.05) is 25.1 Å². The maximum atomic E-state index is 11.8. The summed E-state index contributed by atoms with van der Waals surface area (Å²) in [5.41, 5.74) is 1.10. The number of hydrogen-bond donors (Lipinski definition) is 1. The Kier molecular flexibility index (Phi) is 4.66. The second-order valence-corrected chi connectivity index (χ2v) is 4.94. The second-order valence-electron chi connectivity index (χ2n) is 4.94. The fourth-order valence-corrected chi connectivity index (χ4v) is 2.21. The van der Waals surface area contributed by atoms with Crippen LogP contribution in [0, 0.1) is 0 Å². The Labute approximate surface area is 114 Å². The lowest BCUT2D eigenvalue weighted by Crippen LogP contribution is -2.32. The molecule has 104 valence electrons.